The molecule has 1 fully saturated rings. The summed E-state index contributed by atoms with van der Waals surface area (Å²) in [6.45, 7) is 11.9. The molecule has 0 aliphatic heterocycles. The van der Waals surface area contributed by atoms with Gasteiger partial charge in [-0.1, -0.05) is 12.5 Å². The van der Waals surface area contributed by atoms with Gasteiger partial charge in [-0.05, 0) is 57.9 Å². The summed E-state index contributed by atoms with van der Waals surface area (Å²) in [5.74, 6) is 1.84. The molecule has 0 spiro atoms. The van der Waals surface area contributed by atoms with E-state index in [1.54, 1.807) is 0 Å². The molecule has 0 aromatic carbocycles. The molecule has 0 heterocycles. The summed E-state index contributed by atoms with van der Waals surface area (Å²) in [5, 5.41) is 0. The predicted octanol–water partition coefficient (Wildman–Crippen LogP) is 3.85. The average molecular weight is 193 g/mol. The van der Waals surface area contributed by atoms with Crippen LogP contribution in [0, 0.1) is 11.8 Å². The summed E-state index contributed by atoms with van der Waals surface area (Å²) in [7, 11) is 0. The minimum absolute atomic E-state index is 0.912. The molecule has 0 saturated heterocycles. The fourth-order valence-electron chi connectivity index (χ4n) is 1.75. The first-order chi connectivity index (χ1) is 6.56. The Morgan fingerprint density at radius 2 is 1.86 bits per heavy atom. The van der Waals surface area contributed by atoms with Crippen molar-refractivity contribution >= 4 is 5.71 Å². The van der Waals surface area contributed by atoms with Gasteiger partial charge in [-0.3, -0.25) is 4.99 Å². The highest BCUT2D eigenvalue weighted by molar-refractivity contribution is 6.00. The van der Waals surface area contributed by atoms with Crippen LogP contribution >= 0.6 is 0 Å². The molecular weight excluding hydrogens is 170 g/mol. The lowest BCUT2D eigenvalue weighted by molar-refractivity contribution is 0.782. The summed E-state index contributed by atoms with van der Waals surface area (Å²) < 4.78 is 0. The fraction of sp³-hybridized carbons (Fsp3) is 0.769. The van der Waals surface area contributed by atoms with Gasteiger partial charge in [0.15, 0.2) is 0 Å². The Bertz CT molecular complexity index is 256. The Balaban J connectivity index is 2.65. The molecule has 0 bridgehead atoms. The monoisotopic (exact) mass is 193 g/mol. The van der Waals surface area contributed by atoms with Crippen molar-refractivity contribution in [2.24, 2.45) is 16.8 Å². The molecule has 0 aromatic rings. The van der Waals surface area contributed by atoms with Crippen LogP contribution in [0.15, 0.2) is 16.1 Å². The second kappa shape index (κ2) is 4.77. The highest BCUT2D eigenvalue weighted by atomic mass is 14.7. The van der Waals surface area contributed by atoms with E-state index >= 15 is 0 Å². The molecule has 1 rings (SSSR count). The summed E-state index contributed by atoms with van der Waals surface area (Å²) in [6.07, 6.45) is 2.60. The Morgan fingerprint density at radius 3 is 2.21 bits per heavy atom. The third-order valence-electron chi connectivity index (χ3n) is 3.26. The van der Waals surface area contributed by atoms with E-state index in [9.17, 15) is 0 Å². The molecule has 0 amide bonds. The SMILES string of the molecule is CCN=C(CC1CC1C)C(C)=C(C)C. The van der Waals surface area contributed by atoms with Crippen molar-refractivity contribution in [3.05, 3.63) is 11.1 Å². The molecule has 0 aromatic heterocycles. The lowest BCUT2D eigenvalue weighted by Gasteiger charge is -2.08. The zero-order valence-corrected chi connectivity index (χ0v) is 10.2. The van der Waals surface area contributed by atoms with E-state index in [2.05, 4.69) is 39.6 Å². The van der Waals surface area contributed by atoms with Gasteiger partial charge in [0.25, 0.3) is 0 Å². The first-order valence-corrected chi connectivity index (χ1v) is 5.74. The Hall–Kier alpha value is -0.590. The average Bonchev–Trinajstić information content (AvgIpc) is 2.80. The van der Waals surface area contributed by atoms with Crippen LogP contribution < -0.4 is 0 Å². The second-order valence-electron chi connectivity index (χ2n) is 4.72. The van der Waals surface area contributed by atoms with Crippen LogP contribution in [-0.4, -0.2) is 12.3 Å². The van der Waals surface area contributed by atoms with Gasteiger partial charge < -0.3 is 0 Å². The molecule has 1 nitrogen and oxygen atoms in total. The van der Waals surface area contributed by atoms with Crippen LogP contribution in [0.5, 0.6) is 0 Å². The van der Waals surface area contributed by atoms with Gasteiger partial charge >= 0.3 is 0 Å². The topological polar surface area (TPSA) is 12.4 Å². The van der Waals surface area contributed by atoms with E-state index in [0.717, 1.165) is 18.4 Å². The standard InChI is InChI=1S/C13H23N/c1-6-14-13(11(5)9(2)3)8-12-7-10(12)4/h10,12H,6-8H2,1-5H3. The highest BCUT2D eigenvalue weighted by Gasteiger charge is 2.33. The van der Waals surface area contributed by atoms with Crippen LogP contribution in [0.4, 0.5) is 0 Å². The molecule has 1 heteroatoms. The van der Waals surface area contributed by atoms with Gasteiger partial charge in [0.05, 0.1) is 0 Å². The molecule has 2 atom stereocenters. The maximum absolute atomic E-state index is 4.62. The fourth-order valence-corrected chi connectivity index (χ4v) is 1.75. The van der Waals surface area contributed by atoms with Crippen LogP contribution in [0.1, 0.15) is 47.5 Å². The zero-order valence-electron chi connectivity index (χ0n) is 10.2. The largest absolute Gasteiger partial charge is 0.290 e. The van der Waals surface area contributed by atoms with E-state index in [-0.39, 0.29) is 0 Å². The molecule has 1 aliphatic carbocycles. The lowest BCUT2D eigenvalue weighted by Crippen LogP contribution is -2.04. The van der Waals surface area contributed by atoms with E-state index in [0.29, 0.717) is 0 Å². The van der Waals surface area contributed by atoms with Crippen molar-refractivity contribution in [2.75, 3.05) is 6.54 Å². The van der Waals surface area contributed by atoms with E-state index < -0.39 is 0 Å². The van der Waals surface area contributed by atoms with E-state index in [1.165, 1.54) is 29.7 Å². The van der Waals surface area contributed by atoms with Gasteiger partial charge in [-0.15, -0.1) is 0 Å². The minimum Gasteiger partial charge on any atom is -0.290 e. The molecule has 1 aliphatic rings. The smallest absolute Gasteiger partial charge is 0.0379 e. The van der Waals surface area contributed by atoms with Crippen molar-refractivity contribution in [1.29, 1.82) is 0 Å². The third-order valence-corrected chi connectivity index (χ3v) is 3.26. The van der Waals surface area contributed by atoms with Gasteiger partial charge in [0.1, 0.15) is 0 Å². The maximum Gasteiger partial charge on any atom is 0.0379 e. The van der Waals surface area contributed by atoms with E-state index in [4.69, 9.17) is 0 Å². The molecule has 2 unspecified atom stereocenters. The van der Waals surface area contributed by atoms with Crippen molar-refractivity contribution in [3.63, 3.8) is 0 Å². The number of nitrogens with zero attached hydrogens (tertiary/aromatic N) is 1. The lowest BCUT2D eigenvalue weighted by atomic mass is 10.0. The molecule has 0 N–H and O–H groups in total. The van der Waals surface area contributed by atoms with Gasteiger partial charge in [-0.25, -0.2) is 0 Å². The molecule has 0 radical (unpaired) electrons. The Morgan fingerprint density at radius 1 is 1.29 bits per heavy atom. The van der Waals surface area contributed by atoms with Crippen LogP contribution in [0.3, 0.4) is 0 Å². The number of aliphatic imine (C=N–C) groups is 1. The van der Waals surface area contributed by atoms with Crippen molar-refractivity contribution in [2.45, 2.75) is 47.5 Å². The molecular formula is C13H23N. The van der Waals surface area contributed by atoms with Crippen molar-refractivity contribution in [1.82, 2.24) is 0 Å². The number of hydrogen-bond donors (Lipinski definition) is 0. The highest BCUT2D eigenvalue weighted by Crippen LogP contribution is 2.41. The maximum atomic E-state index is 4.62. The number of allylic oxidation sites excluding steroid dienone is 2. The first kappa shape index (κ1) is 11.5. The zero-order chi connectivity index (χ0) is 10.7. The van der Waals surface area contributed by atoms with Crippen LogP contribution in [-0.2, 0) is 0 Å². The first-order valence-electron chi connectivity index (χ1n) is 5.74. The second-order valence-corrected chi connectivity index (χ2v) is 4.72. The third kappa shape index (κ3) is 2.97. The predicted molar refractivity (Wildman–Crippen MR) is 63.9 cm³/mol. The Kier molecular flexibility index (Phi) is 3.91. The van der Waals surface area contributed by atoms with Crippen molar-refractivity contribution < 1.29 is 0 Å². The quantitative estimate of drug-likeness (QED) is 0.601. The summed E-state index contributed by atoms with van der Waals surface area (Å²) in [5.41, 5.74) is 4.17. The number of hydrogen-bond acceptors (Lipinski definition) is 1. The Labute approximate surface area is 88.3 Å². The van der Waals surface area contributed by atoms with Gasteiger partial charge in [0.2, 0.25) is 0 Å². The van der Waals surface area contributed by atoms with E-state index in [1.807, 2.05) is 0 Å². The molecule has 1 saturated carbocycles. The van der Waals surface area contributed by atoms with Crippen LogP contribution in [0.25, 0.3) is 0 Å². The van der Waals surface area contributed by atoms with Crippen molar-refractivity contribution in [3.8, 4) is 0 Å². The minimum atomic E-state index is 0.912. The normalized spacial score (nSPS) is 26.2. The van der Waals surface area contributed by atoms with Gasteiger partial charge in [-0.2, -0.15) is 0 Å². The van der Waals surface area contributed by atoms with Gasteiger partial charge in [0, 0.05) is 12.3 Å². The molecule has 14 heavy (non-hydrogen) atoms. The number of rotatable bonds is 4. The summed E-state index contributed by atoms with van der Waals surface area (Å²) in [6, 6.07) is 0. The summed E-state index contributed by atoms with van der Waals surface area (Å²) >= 11 is 0. The van der Waals surface area contributed by atoms with Crippen LogP contribution in [0.2, 0.25) is 0 Å². The molecule has 80 valence electrons. The summed E-state index contributed by atoms with van der Waals surface area (Å²) in [4.78, 5) is 4.62.